The second-order valence-electron chi connectivity index (χ2n) is 5.95. The largest absolute Gasteiger partial charge is 0.496 e. The van der Waals surface area contributed by atoms with Gasteiger partial charge in [-0.25, -0.2) is 5.43 Å². The van der Waals surface area contributed by atoms with Crippen molar-refractivity contribution >= 4 is 12.1 Å². The fraction of sp³-hybridized carbons (Fsp3) is 0.333. The van der Waals surface area contributed by atoms with Crippen LogP contribution in [0.1, 0.15) is 36.5 Å². The Morgan fingerprint density at radius 2 is 1.96 bits per heavy atom. The van der Waals surface area contributed by atoms with Gasteiger partial charge in [-0.05, 0) is 61.6 Å². The number of nitrogens with one attached hydrogen (secondary N) is 1. The molecule has 2 rings (SSSR count). The molecule has 0 bridgehead atoms. The molecule has 0 saturated heterocycles. The first-order chi connectivity index (χ1) is 12.6. The Balaban J connectivity index is 1.73. The molecule has 0 aromatic heterocycles. The van der Waals surface area contributed by atoms with Crippen LogP contribution in [0.4, 0.5) is 0 Å². The first kappa shape index (κ1) is 19.5. The number of methoxy groups -OCH3 is 1. The topological polar surface area (TPSA) is 59.9 Å². The highest BCUT2D eigenvalue weighted by Gasteiger charge is 2.02. The zero-order valence-electron chi connectivity index (χ0n) is 15.6. The van der Waals surface area contributed by atoms with Crippen LogP contribution in [0.3, 0.4) is 0 Å². The standard InChI is InChI=1S/C21H26N2O3/c1-4-26-19-12-10-17(11-13-19)6-5-7-21(24)23-22-15-18-9-8-16(2)20(14-18)25-3/h8-15H,4-7H2,1-3H3,(H,23,24). The van der Waals surface area contributed by atoms with Gasteiger partial charge in [-0.15, -0.1) is 0 Å². The minimum Gasteiger partial charge on any atom is -0.496 e. The van der Waals surface area contributed by atoms with Gasteiger partial charge in [-0.2, -0.15) is 5.10 Å². The molecule has 26 heavy (non-hydrogen) atoms. The minimum absolute atomic E-state index is 0.0914. The summed E-state index contributed by atoms with van der Waals surface area (Å²) < 4.78 is 10.7. The molecule has 1 amide bonds. The van der Waals surface area contributed by atoms with Crippen LogP contribution >= 0.6 is 0 Å². The average molecular weight is 354 g/mol. The lowest BCUT2D eigenvalue weighted by atomic mass is 10.1. The third kappa shape index (κ3) is 6.24. The third-order valence-corrected chi connectivity index (χ3v) is 3.94. The van der Waals surface area contributed by atoms with E-state index >= 15 is 0 Å². The van der Waals surface area contributed by atoms with Crippen LogP contribution in [0.25, 0.3) is 0 Å². The number of rotatable bonds is 9. The number of amides is 1. The monoisotopic (exact) mass is 354 g/mol. The summed E-state index contributed by atoms with van der Waals surface area (Å²) in [5, 5.41) is 4.01. The summed E-state index contributed by atoms with van der Waals surface area (Å²) in [5.41, 5.74) is 5.69. The van der Waals surface area contributed by atoms with Crippen LogP contribution in [-0.4, -0.2) is 25.8 Å². The van der Waals surface area contributed by atoms with Gasteiger partial charge in [0.25, 0.3) is 0 Å². The summed E-state index contributed by atoms with van der Waals surface area (Å²) >= 11 is 0. The highest BCUT2D eigenvalue weighted by molar-refractivity contribution is 5.83. The summed E-state index contributed by atoms with van der Waals surface area (Å²) in [6, 6.07) is 13.8. The van der Waals surface area contributed by atoms with E-state index in [2.05, 4.69) is 10.5 Å². The average Bonchev–Trinajstić information content (AvgIpc) is 2.65. The number of hydrogen-bond acceptors (Lipinski definition) is 4. The summed E-state index contributed by atoms with van der Waals surface area (Å²) in [6.07, 6.45) is 3.67. The molecule has 0 aliphatic rings. The van der Waals surface area contributed by atoms with Crippen LogP contribution in [0.5, 0.6) is 11.5 Å². The maximum atomic E-state index is 11.9. The molecule has 2 aromatic rings. The quantitative estimate of drug-likeness (QED) is 0.549. The maximum absolute atomic E-state index is 11.9. The van der Waals surface area contributed by atoms with Crippen molar-refractivity contribution in [3.63, 3.8) is 0 Å². The fourth-order valence-corrected chi connectivity index (χ4v) is 2.52. The van der Waals surface area contributed by atoms with Crippen molar-refractivity contribution in [2.75, 3.05) is 13.7 Å². The Kier molecular flexibility index (Phi) is 7.68. The van der Waals surface area contributed by atoms with Gasteiger partial charge in [-0.1, -0.05) is 24.3 Å². The van der Waals surface area contributed by atoms with Crippen molar-refractivity contribution in [3.8, 4) is 11.5 Å². The van der Waals surface area contributed by atoms with Gasteiger partial charge in [-0.3, -0.25) is 4.79 Å². The van der Waals surface area contributed by atoms with E-state index in [9.17, 15) is 4.79 Å². The van der Waals surface area contributed by atoms with Crippen molar-refractivity contribution in [1.82, 2.24) is 5.43 Å². The first-order valence-corrected chi connectivity index (χ1v) is 8.80. The van der Waals surface area contributed by atoms with Crippen LogP contribution in [-0.2, 0) is 11.2 Å². The molecule has 5 heteroatoms. The van der Waals surface area contributed by atoms with Gasteiger partial charge in [0.1, 0.15) is 11.5 Å². The number of benzene rings is 2. The highest BCUT2D eigenvalue weighted by Crippen LogP contribution is 2.17. The van der Waals surface area contributed by atoms with E-state index in [-0.39, 0.29) is 5.91 Å². The van der Waals surface area contributed by atoms with Crippen molar-refractivity contribution in [2.45, 2.75) is 33.1 Å². The number of aryl methyl sites for hydroxylation is 2. The lowest BCUT2D eigenvalue weighted by molar-refractivity contribution is -0.121. The molecule has 0 aliphatic heterocycles. The Morgan fingerprint density at radius 3 is 2.65 bits per heavy atom. The molecule has 2 aromatic carbocycles. The molecular formula is C21H26N2O3. The van der Waals surface area contributed by atoms with Gasteiger partial charge >= 0.3 is 0 Å². The normalized spacial score (nSPS) is 10.7. The van der Waals surface area contributed by atoms with Gasteiger partial charge in [0.15, 0.2) is 0 Å². The molecule has 0 aliphatic carbocycles. The van der Waals surface area contributed by atoms with Gasteiger partial charge in [0.05, 0.1) is 19.9 Å². The highest BCUT2D eigenvalue weighted by atomic mass is 16.5. The number of hydrazone groups is 1. The molecule has 5 nitrogen and oxygen atoms in total. The minimum atomic E-state index is -0.0914. The predicted molar refractivity (Wildman–Crippen MR) is 104 cm³/mol. The molecular weight excluding hydrogens is 328 g/mol. The van der Waals surface area contributed by atoms with Crippen molar-refractivity contribution in [3.05, 3.63) is 59.2 Å². The van der Waals surface area contributed by atoms with E-state index in [0.29, 0.717) is 13.0 Å². The predicted octanol–water partition coefficient (Wildman–Crippen LogP) is 3.88. The number of carbonyl (C=O) groups excluding carboxylic acids is 1. The van der Waals surface area contributed by atoms with E-state index in [1.165, 1.54) is 5.56 Å². The zero-order valence-corrected chi connectivity index (χ0v) is 15.6. The van der Waals surface area contributed by atoms with E-state index in [1.807, 2.05) is 56.3 Å². The molecule has 0 radical (unpaired) electrons. The number of nitrogens with zero attached hydrogens (tertiary/aromatic N) is 1. The Hall–Kier alpha value is -2.82. The molecule has 1 N–H and O–H groups in total. The van der Waals surface area contributed by atoms with Crippen LogP contribution in [0.15, 0.2) is 47.6 Å². The summed E-state index contributed by atoms with van der Waals surface area (Å²) in [7, 11) is 1.63. The molecule has 0 saturated carbocycles. The van der Waals surface area contributed by atoms with Crippen LogP contribution in [0.2, 0.25) is 0 Å². The smallest absolute Gasteiger partial charge is 0.240 e. The van der Waals surface area contributed by atoms with E-state index in [4.69, 9.17) is 9.47 Å². The molecule has 0 fully saturated rings. The lowest BCUT2D eigenvalue weighted by Crippen LogP contribution is -2.17. The molecule has 0 spiro atoms. The second-order valence-corrected chi connectivity index (χ2v) is 5.95. The first-order valence-electron chi connectivity index (χ1n) is 8.80. The fourth-order valence-electron chi connectivity index (χ4n) is 2.52. The van der Waals surface area contributed by atoms with Crippen LogP contribution < -0.4 is 14.9 Å². The SMILES string of the molecule is CCOc1ccc(CCCC(=O)NN=Cc2ccc(C)c(OC)c2)cc1. The van der Waals surface area contributed by atoms with Crippen molar-refractivity contribution in [1.29, 1.82) is 0 Å². The molecule has 0 unspecified atom stereocenters. The van der Waals surface area contributed by atoms with Crippen LogP contribution in [0, 0.1) is 6.92 Å². The van der Waals surface area contributed by atoms with E-state index in [0.717, 1.165) is 35.5 Å². The van der Waals surface area contributed by atoms with E-state index in [1.54, 1.807) is 13.3 Å². The number of carbonyl (C=O) groups is 1. The van der Waals surface area contributed by atoms with Gasteiger partial charge in [0.2, 0.25) is 5.91 Å². The van der Waals surface area contributed by atoms with Crippen molar-refractivity contribution in [2.24, 2.45) is 5.10 Å². The zero-order chi connectivity index (χ0) is 18.8. The number of ether oxygens (including phenoxy) is 2. The third-order valence-electron chi connectivity index (χ3n) is 3.94. The summed E-state index contributed by atoms with van der Waals surface area (Å²) in [5.74, 6) is 1.58. The summed E-state index contributed by atoms with van der Waals surface area (Å²) in [4.78, 5) is 11.9. The Morgan fingerprint density at radius 1 is 1.19 bits per heavy atom. The Bertz CT molecular complexity index is 739. The van der Waals surface area contributed by atoms with E-state index < -0.39 is 0 Å². The molecule has 0 atom stereocenters. The van der Waals surface area contributed by atoms with Gasteiger partial charge < -0.3 is 9.47 Å². The lowest BCUT2D eigenvalue weighted by Gasteiger charge is -2.05. The second kappa shape index (κ2) is 10.2. The molecule has 138 valence electrons. The molecule has 0 heterocycles. The Labute approximate surface area is 155 Å². The maximum Gasteiger partial charge on any atom is 0.240 e. The number of hydrogen-bond donors (Lipinski definition) is 1. The summed E-state index contributed by atoms with van der Waals surface area (Å²) in [6.45, 7) is 4.60. The van der Waals surface area contributed by atoms with Crippen molar-refractivity contribution < 1.29 is 14.3 Å². The van der Waals surface area contributed by atoms with Gasteiger partial charge in [0, 0.05) is 6.42 Å².